The minimum Gasteiger partial charge on any atom is -0.282 e. The van der Waals surface area contributed by atoms with Crippen molar-refractivity contribution in [3.8, 4) is 0 Å². The van der Waals surface area contributed by atoms with Crippen LogP contribution in [0.5, 0.6) is 0 Å². The van der Waals surface area contributed by atoms with Gasteiger partial charge in [0.05, 0.1) is 21.7 Å². The molecule has 1 unspecified atom stereocenters. The van der Waals surface area contributed by atoms with Crippen LogP contribution in [0.15, 0.2) is 77.7 Å². The van der Waals surface area contributed by atoms with Gasteiger partial charge in [-0.05, 0) is 60.7 Å². The first-order valence-corrected chi connectivity index (χ1v) is 14.5. The smallest absolute Gasteiger partial charge is 0.247 e. The Morgan fingerprint density at radius 1 is 1.08 bits per heavy atom. The van der Waals surface area contributed by atoms with Crippen LogP contribution in [-0.2, 0) is 27.8 Å². The molecule has 186 valence electrons. The molecule has 36 heavy (non-hydrogen) atoms. The highest BCUT2D eigenvalue weighted by Gasteiger charge is 2.42. The third kappa shape index (κ3) is 4.78. The molecule has 2 heterocycles. The third-order valence-electron chi connectivity index (χ3n) is 6.46. The number of rotatable bonds is 7. The Labute approximate surface area is 220 Å². The summed E-state index contributed by atoms with van der Waals surface area (Å²) in [6.07, 6.45) is 1.91. The summed E-state index contributed by atoms with van der Waals surface area (Å²) in [4.78, 5) is 20.7. The fraction of sp³-hybridized carbons (Fsp3) is 0.259. The van der Waals surface area contributed by atoms with E-state index >= 15 is 0 Å². The van der Waals surface area contributed by atoms with E-state index in [1.54, 1.807) is 17.0 Å². The zero-order chi connectivity index (χ0) is 25.3. The van der Waals surface area contributed by atoms with Gasteiger partial charge in [-0.3, -0.25) is 9.69 Å². The summed E-state index contributed by atoms with van der Waals surface area (Å²) >= 11 is 7.43. The van der Waals surface area contributed by atoms with Gasteiger partial charge in [0.2, 0.25) is 15.9 Å². The van der Waals surface area contributed by atoms with Gasteiger partial charge in [0.25, 0.3) is 0 Å². The van der Waals surface area contributed by atoms with E-state index in [1.807, 2.05) is 48.5 Å². The highest BCUT2D eigenvalue weighted by molar-refractivity contribution is 7.89. The number of benzene rings is 3. The highest BCUT2D eigenvalue weighted by atomic mass is 35.5. The molecule has 1 amide bonds. The lowest BCUT2D eigenvalue weighted by Crippen LogP contribution is -2.47. The number of hydrogen-bond acceptors (Lipinski definition) is 5. The van der Waals surface area contributed by atoms with Gasteiger partial charge in [-0.1, -0.05) is 72.3 Å². The molecule has 9 heteroatoms. The average molecular weight is 540 g/mol. The monoisotopic (exact) mass is 539 g/mol. The van der Waals surface area contributed by atoms with E-state index in [2.05, 4.69) is 6.92 Å². The van der Waals surface area contributed by atoms with E-state index in [1.165, 1.54) is 27.8 Å². The zero-order valence-corrected chi connectivity index (χ0v) is 22.2. The molecular weight excluding hydrogens is 514 g/mol. The molecule has 6 nitrogen and oxygen atoms in total. The van der Waals surface area contributed by atoms with Crippen molar-refractivity contribution in [2.75, 3.05) is 11.4 Å². The van der Waals surface area contributed by atoms with Crippen LogP contribution in [-0.4, -0.2) is 36.2 Å². The molecule has 0 aliphatic carbocycles. The lowest BCUT2D eigenvalue weighted by atomic mass is 10.1. The number of amides is 1. The van der Waals surface area contributed by atoms with Crippen molar-refractivity contribution >= 4 is 54.2 Å². The third-order valence-corrected chi connectivity index (χ3v) is 9.68. The van der Waals surface area contributed by atoms with Gasteiger partial charge in [0, 0.05) is 11.6 Å². The van der Waals surface area contributed by atoms with Crippen molar-refractivity contribution < 1.29 is 13.2 Å². The minimum atomic E-state index is -3.86. The summed E-state index contributed by atoms with van der Waals surface area (Å²) < 4.78 is 29.3. The Hall–Kier alpha value is -2.78. The molecule has 1 aliphatic heterocycles. The number of carbonyl (C=O) groups is 1. The molecule has 0 bridgehead atoms. The predicted molar refractivity (Wildman–Crippen MR) is 145 cm³/mol. The Balaban J connectivity index is 1.53. The minimum absolute atomic E-state index is 0.133. The fourth-order valence-corrected chi connectivity index (χ4v) is 7.39. The van der Waals surface area contributed by atoms with Gasteiger partial charge in [-0.15, -0.1) is 0 Å². The van der Waals surface area contributed by atoms with Crippen molar-refractivity contribution in [3.05, 3.63) is 88.9 Å². The zero-order valence-electron chi connectivity index (χ0n) is 19.8. The Kier molecular flexibility index (Phi) is 7.12. The van der Waals surface area contributed by atoms with E-state index in [-0.39, 0.29) is 10.8 Å². The molecule has 0 N–H and O–H groups in total. The van der Waals surface area contributed by atoms with Crippen LogP contribution in [0.4, 0.5) is 5.13 Å². The van der Waals surface area contributed by atoms with Gasteiger partial charge in [-0.2, -0.15) is 4.31 Å². The normalized spacial score (nSPS) is 16.4. The predicted octanol–water partition coefficient (Wildman–Crippen LogP) is 5.90. The summed E-state index contributed by atoms with van der Waals surface area (Å²) in [6.45, 7) is 2.69. The van der Waals surface area contributed by atoms with Gasteiger partial charge in [-0.25, -0.2) is 13.4 Å². The van der Waals surface area contributed by atoms with Crippen LogP contribution in [0.2, 0.25) is 5.02 Å². The average Bonchev–Trinajstić information content (AvgIpc) is 3.55. The fourth-order valence-electron chi connectivity index (χ4n) is 4.60. The summed E-state index contributed by atoms with van der Waals surface area (Å²) in [5, 5.41) is 1.04. The van der Waals surface area contributed by atoms with Gasteiger partial charge in [0.15, 0.2) is 5.13 Å². The number of thiazole rings is 1. The standard InChI is InChI=1S/C27H26ClN3O3S2/c1-2-20-10-6-12-24-25(20)29-27(35-24)30(18-19-8-4-3-5-9-19)26(32)23-11-7-17-31(23)36(33,34)22-15-13-21(28)14-16-22/h3-6,8-10,12-16,23H,2,7,11,17-18H2,1H3. The number of aryl methyl sites for hydroxylation is 1. The van der Waals surface area contributed by atoms with Crippen LogP contribution >= 0.6 is 22.9 Å². The maximum Gasteiger partial charge on any atom is 0.247 e. The number of fused-ring (bicyclic) bond motifs is 1. The number of halogens is 1. The number of para-hydroxylation sites is 1. The SMILES string of the molecule is CCc1cccc2sc(N(Cc3ccccc3)C(=O)C3CCCN3S(=O)(=O)c3ccc(Cl)cc3)nc12. The first-order chi connectivity index (χ1) is 17.4. The van der Waals surface area contributed by atoms with Crippen molar-refractivity contribution in [1.29, 1.82) is 0 Å². The number of carbonyl (C=O) groups excluding carboxylic acids is 1. The van der Waals surface area contributed by atoms with E-state index in [4.69, 9.17) is 16.6 Å². The van der Waals surface area contributed by atoms with Gasteiger partial charge >= 0.3 is 0 Å². The maximum atomic E-state index is 14.1. The largest absolute Gasteiger partial charge is 0.282 e. The van der Waals surface area contributed by atoms with Crippen molar-refractivity contribution in [1.82, 2.24) is 9.29 Å². The van der Waals surface area contributed by atoms with E-state index in [9.17, 15) is 13.2 Å². The number of sulfonamides is 1. The maximum absolute atomic E-state index is 14.1. The topological polar surface area (TPSA) is 70.6 Å². The van der Waals surface area contributed by atoms with Gasteiger partial charge < -0.3 is 0 Å². The summed E-state index contributed by atoms with van der Waals surface area (Å²) in [7, 11) is -3.86. The number of nitrogens with zero attached hydrogens (tertiary/aromatic N) is 3. The molecule has 1 fully saturated rings. The quantitative estimate of drug-likeness (QED) is 0.293. The summed E-state index contributed by atoms with van der Waals surface area (Å²) in [6, 6.07) is 21.0. The molecule has 0 spiro atoms. The van der Waals surface area contributed by atoms with Crippen LogP contribution < -0.4 is 4.90 Å². The molecule has 1 aromatic heterocycles. The Morgan fingerprint density at radius 3 is 2.56 bits per heavy atom. The second kappa shape index (κ2) is 10.3. The number of anilines is 1. The Morgan fingerprint density at radius 2 is 1.83 bits per heavy atom. The number of hydrogen-bond donors (Lipinski definition) is 0. The lowest BCUT2D eigenvalue weighted by molar-refractivity contribution is -0.121. The first-order valence-electron chi connectivity index (χ1n) is 11.9. The molecule has 0 saturated carbocycles. The molecular formula is C27H26ClN3O3S2. The first kappa shape index (κ1) is 24.9. The van der Waals surface area contributed by atoms with Crippen molar-refractivity contribution in [2.45, 2.75) is 43.7 Å². The molecule has 0 radical (unpaired) electrons. The molecule has 5 rings (SSSR count). The molecule has 4 aromatic rings. The van der Waals surface area contributed by atoms with Crippen LogP contribution in [0.25, 0.3) is 10.2 Å². The summed E-state index contributed by atoms with van der Waals surface area (Å²) in [5.41, 5.74) is 2.96. The second-order valence-corrected chi connectivity index (χ2v) is 12.1. The highest BCUT2D eigenvalue weighted by Crippen LogP contribution is 2.35. The summed E-state index contributed by atoms with van der Waals surface area (Å²) in [5.74, 6) is -0.258. The lowest BCUT2D eigenvalue weighted by Gasteiger charge is -2.28. The van der Waals surface area contributed by atoms with Gasteiger partial charge in [0.1, 0.15) is 6.04 Å². The van der Waals surface area contributed by atoms with E-state index in [0.717, 1.165) is 27.8 Å². The Bertz CT molecular complexity index is 1490. The van der Waals surface area contributed by atoms with Crippen LogP contribution in [0.3, 0.4) is 0 Å². The molecule has 1 aliphatic rings. The molecule has 3 aromatic carbocycles. The van der Waals surface area contributed by atoms with Crippen molar-refractivity contribution in [3.63, 3.8) is 0 Å². The molecule has 1 saturated heterocycles. The van der Waals surface area contributed by atoms with Crippen LogP contribution in [0.1, 0.15) is 30.9 Å². The van der Waals surface area contributed by atoms with Crippen molar-refractivity contribution in [2.24, 2.45) is 0 Å². The van der Waals surface area contributed by atoms with E-state index < -0.39 is 16.1 Å². The number of aromatic nitrogens is 1. The van der Waals surface area contributed by atoms with E-state index in [0.29, 0.717) is 36.1 Å². The van der Waals surface area contributed by atoms with Crippen LogP contribution in [0, 0.1) is 0 Å². The molecule has 1 atom stereocenters. The second-order valence-electron chi connectivity index (χ2n) is 8.75.